The van der Waals surface area contributed by atoms with E-state index in [1.165, 1.54) is 23.9 Å². The van der Waals surface area contributed by atoms with E-state index in [9.17, 15) is 9.18 Å². The van der Waals surface area contributed by atoms with E-state index in [1.807, 2.05) is 73.8 Å². The number of halogens is 1. The van der Waals surface area contributed by atoms with Crippen molar-refractivity contribution in [2.45, 2.75) is 20.0 Å². The Balaban J connectivity index is 1.49. The van der Waals surface area contributed by atoms with Crippen molar-refractivity contribution in [2.75, 3.05) is 6.54 Å². The van der Waals surface area contributed by atoms with Crippen molar-refractivity contribution in [3.63, 3.8) is 0 Å². The molecule has 1 amide bonds. The highest BCUT2D eigenvalue weighted by atomic mass is 32.2. The van der Waals surface area contributed by atoms with Crippen LogP contribution in [0.3, 0.4) is 0 Å². The van der Waals surface area contributed by atoms with Crippen molar-refractivity contribution in [1.82, 2.24) is 14.7 Å². The van der Waals surface area contributed by atoms with Crippen LogP contribution in [0.25, 0.3) is 23.0 Å². The van der Waals surface area contributed by atoms with Crippen LogP contribution in [0.2, 0.25) is 0 Å². The smallest absolute Gasteiger partial charge is 0.266 e. The van der Waals surface area contributed by atoms with Crippen LogP contribution in [-0.4, -0.2) is 31.5 Å². The predicted octanol–water partition coefficient (Wildman–Crippen LogP) is 6.87. The summed E-state index contributed by atoms with van der Waals surface area (Å²) in [5, 5.41) is 4.87. The molecule has 1 saturated heterocycles. The molecule has 5 nitrogen and oxygen atoms in total. The van der Waals surface area contributed by atoms with Gasteiger partial charge in [0.1, 0.15) is 28.2 Å². The molecule has 186 valence electrons. The molecule has 0 spiro atoms. The zero-order valence-electron chi connectivity index (χ0n) is 20.1. The van der Waals surface area contributed by atoms with E-state index in [0.29, 0.717) is 28.1 Å². The lowest BCUT2D eigenvalue weighted by Crippen LogP contribution is -2.28. The number of thiocarbonyl (C=S) groups is 1. The largest absolute Gasteiger partial charge is 0.489 e. The molecule has 1 aromatic heterocycles. The summed E-state index contributed by atoms with van der Waals surface area (Å²) in [6.07, 6.45) is 4.62. The molecule has 0 bridgehead atoms. The number of amides is 1. The number of benzene rings is 3. The van der Waals surface area contributed by atoms with Crippen LogP contribution in [0.15, 0.2) is 90.0 Å². The molecule has 0 unspecified atom stereocenters. The molecule has 5 rings (SSSR count). The highest BCUT2D eigenvalue weighted by Gasteiger charge is 2.31. The van der Waals surface area contributed by atoms with Crippen LogP contribution in [0.4, 0.5) is 4.39 Å². The van der Waals surface area contributed by atoms with Gasteiger partial charge < -0.3 is 4.74 Å². The fourth-order valence-corrected chi connectivity index (χ4v) is 5.27. The SMILES string of the molecule is CCCN1C(=O)/C(=C/c2cn(-c3ccccc3)nc2-c2cccc(OCc3ccc(F)cc3)c2)SC1=S. The number of para-hydroxylation sites is 1. The van der Waals surface area contributed by atoms with Crippen LogP contribution < -0.4 is 4.74 Å². The lowest BCUT2D eigenvalue weighted by atomic mass is 10.1. The first-order valence-electron chi connectivity index (χ1n) is 11.9. The molecule has 1 aliphatic rings. The molecule has 0 aliphatic carbocycles. The minimum Gasteiger partial charge on any atom is -0.489 e. The summed E-state index contributed by atoms with van der Waals surface area (Å²) in [6.45, 7) is 2.94. The number of carbonyl (C=O) groups is 1. The fraction of sp³-hybridized carbons (Fsp3) is 0.138. The second-order valence-corrected chi connectivity index (χ2v) is 10.2. The molecule has 0 atom stereocenters. The van der Waals surface area contributed by atoms with Crippen molar-refractivity contribution >= 4 is 40.3 Å². The molecule has 2 heterocycles. The Labute approximate surface area is 224 Å². The molecule has 3 aromatic carbocycles. The first-order valence-corrected chi connectivity index (χ1v) is 13.1. The number of hydrogen-bond donors (Lipinski definition) is 0. The second kappa shape index (κ2) is 11.1. The Bertz CT molecular complexity index is 1470. The third-order valence-electron chi connectivity index (χ3n) is 5.80. The van der Waals surface area contributed by atoms with Gasteiger partial charge in [0.15, 0.2) is 0 Å². The van der Waals surface area contributed by atoms with E-state index in [0.717, 1.165) is 34.5 Å². The summed E-state index contributed by atoms with van der Waals surface area (Å²) >= 11 is 6.76. The van der Waals surface area contributed by atoms with Gasteiger partial charge >= 0.3 is 0 Å². The van der Waals surface area contributed by atoms with E-state index in [1.54, 1.807) is 21.7 Å². The standard InChI is InChI=1S/C29H24FN3O2S2/c1-2-15-32-28(34)26(37-29(32)36)17-22-18-33(24-8-4-3-5-9-24)31-27(22)21-7-6-10-25(16-21)35-19-20-11-13-23(30)14-12-20/h3-14,16-18H,2,15,19H2,1H3/b26-17-. The zero-order chi connectivity index (χ0) is 25.8. The first-order chi connectivity index (χ1) is 18.0. The molecule has 1 fully saturated rings. The van der Waals surface area contributed by atoms with Gasteiger partial charge in [-0.15, -0.1) is 0 Å². The van der Waals surface area contributed by atoms with E-state index >= 15 is 0 Å². The van der Waals surface area contributed by atoms with E-state index < -0.39 is 0 Å². The Morgan fingerprint density at radius 2 is 1.84 bits per heavy atom. The number of ether oxygens (including phenoxy) is 1. The monoisotopic (exact) mass is 529 g/mol. The lowest BCUT2D eigenvalue weighted by Gasteiger charge is -2.11. The van der Waals surface area contributed by atoms with Crippen LogP contribution in [0, 0.1) is 5.82 Å². The van der Waals surface area contributed by atoms with Gasteiger partial charge in [0.25, 0.3) is 5.91 Å². The van der Waals surface area contributed by atoms with Crippen molar-refractivity contribution in [1.29, 1.82) is 0 Å². The number of thioether (sulfide) groups is 1. The molecule has 0 N–H and O–H groups in total. The van der Waals surface area contributed by atoms with Crippen LogP contribution in [0.5, 0.6) is 5.75 Å². The molecule has 0 radical (unpaired) electrons. The quantitative estimate of drug-likeness (QED) is 0.184. The summed E-state index contributed by atoms with van der Waals surface area (Å²) in [4.78, 5) is 15.2. The van der Waals surface area contributed by atoms with Crippen LogP contribution in [-0.2, 0) is 11.4 Å². The summed E-state index contributed by atoms with van der Waals surface area (Å²) in [7, 11) is 0. The highest BCUT2D eigenvalue weighted by Crippen LogP contribution is 2.35. The van der Waals surface area contributed by atoms with Crippen LogP contribution >= 0.6 is 24.0 Å². The van der Waals surface area contributed by atoms with Gasteiger partial charge in [-0.3, -0.25) is 9.69 Å². The van der Waals surface area contributed by atoms with Gasteiger partial charge in [-0.25, -0.2) is 9.07 Å². The van der Waals surface area contributed by atoms with Gasteiger partial charge in [0.2, 0.25) is 0 Å². The van der Waals surface area contributed by atoms with Crippen LogP contribution in [0.1, 0.15) is 24.5 Å². The van der Waals surface area contributed by atoms with Gasteiger partial charge in [-0.2, -0.15) is 5.10 Å². The van der Waals surface area contributed by atoms with Crippen molar-refractivity contribution in [2.24, 2.45) is 0 Å². The average Bonchev–Trinajstić information content (AvgIpc) is 3.46. The zero-order valence-corrected chi connectivity index (χ0v) is 21.8. The number of nitrogens with zero attached hydrogens (tertiary/aromatic N) is 3. The number of carbonyl (C=O) groups excluding carboxylic acids is 1. The molecule has 37 heavy (non-hydrogen) atoms. The molecular formula is C29H24FN3O2S2. The van der Waals surface area contributed by atoms with Gasteiger partial charge in [0, 0.05) is 23.9 Å². The van der Waals surface area contributed by atoms with E-state index in [2.05, 4.69) is 0 Å². The molecule has 4 aromatic rings. The maximum absolute atomic E-state index is 13.2. The summed E-state index contributed by atoms with van der Waals surface area (Å²) in [5.41, 5.74) is 4.15. The minimum atomic E-state index is -0.279. The number of hydrogen-bond acceptors (Lipinski definition) is 5. The van der Waals surface area contributed by atoms with Crippen molar-refractivity contribution < 1.29 is 13.9 Å². The van der Waals surface area contributed by atoms with Gasteiger partial charge in [-0.05, 0) is 54.5 Å². The van der Waals surface area contributed by atoms with Gasteiger partial charge in [0.05, 0.1) is 10.6 Å². The fourth-order valence-electron chi connectivity index (χ4n) is 3.97. The lowest BCUT2D eigenvalue weighted by molar-refractivity contribution is -0.122. The van der Waals surface area contributed by atoms with Crippen molar-refractivity contribution in [3.05, 3.63) is 107 Å². The molecule has 1 aliphatic heterocycles. The van der Waals surface area contributed by atoms with Crippen molar-refractivity contribution in [3.8, 4) is 22.7 Å². The van der Waals surface area contributed by atoms with Gasteiger partial charge in [-0.1, -0.05) is 73.4 Å². The first kappa shape index (κ1) is 24.9. The Kier molecular flexibility index (Phi) is 7.48. The average molecular weight is 530 g/mol. The summed E-state index contributed by atoms with van der Waals surface area (Å²) in [6, 6.07) is 23.7. The Morgan fingerprint density at radius 3 is 2.59 bits per heavy atom. The minimum absolute atomic E-state index is 0.0772. The third-order valence-corrected chi connectivity index (χ3v) is 7.17. The summed E-state index contributed by atoms with van der Waals surface area (Å²) < 4.78 is 21.6. The maximum Gasteiger partial charge on any atom is 0.266 e. The third kappa shape index (κ3) is 5.65. The maximum atomic E-state index is 13.2. The molecule has 8 heteroatoms. The Hall–Kier alpha value is -3.75. The normalized spacial score (nSPS) is 14.5. The second-order valence-electron chi connectivity index (χ2n) is 8.49. The highest BCUT2D eigenvalue weighted by molar-refractivity contribution is 8.26. The predicted molar refractivity (Wildman–Crippen MR) is 150 cm³/mol. The number of aromatic nitrogens is 2. The molecule has 0 saturated carbocycles. The number of rotatable bonds is 8. The van der Waals surface area contributed by atoms with E-state index in [-0.39, 0.29) is 11.7 Å². The van der Waals surface area contributed by atoms with E-state index in [4.69, 9.17) is 22.1 Å². The topological polar surface area (TPSA) is 47.4 Å². The Morgan fingerprint density at radius 1 is 1.05 bits per heavy atom. The molecular weight excluding hydrogens is 505 g/mol. The summed E-state index contributed by atoms with van der Waals surface area (Å²) in [5.74, 6) is 0.307.